The predicted molar refractivity (Wildman–Crippen MR) is 97.5 cm³/mol. The SMILES string of the molecule is O=C(NC1CCC1)c1nnc2n1C[C@@H]1CN(Cc3ccccc3F)C[C@@H]1C2. The molecule has 7 heteroatoms. The fourth-order valence-electron chi connectivity index (χ4n) is 4.59. The maximum Gasteiger partial charge on any atom is 0.289 e. The predicted octanol–water partition coefficient (Wildman–Crippen LogP) is 2.00. The monoisotopic (exact) mass is 369 g/mol. The molecule has 3 aliphatic rings. The van der Waals surface area contributed by atoms with Crippen molar-refractivity contribution in [2.45, 2.75) is 44.8 Å². The number of halogens is 1. The average Bonchev–Trinajstić information content (AvgIpc) is 3.20. The Morgan fingerprint density at radius 3 is 2.74 bits per heavy atom. The lowest BCUT2D eigenvalue weighted by atomic mass is 9.89. The Hall–Kier alpha value is -2.28. The van der Waals surface area contributed by atoms with E-state index in [1.54, 1.807) is 6.07 Å². The molecule has 0 radical (unpaired) electrons. The maximum atomic E-state index is 14.0. The number of aromatic nitrogens is 3. The van der Waals surface area contributed by atoms with Gasteiger partial charge >= 0.3 is 0 Å². The smallest absolute Gasteiger partial charge is 0.289 e. The van der Waals surface area contributed by atoms with E-state index in [-0.39, 0.29) is 11.7 Å². The molecule has 1 aromatic heterocycles. The second-order valence-corrected chi connectivity index (χ2v) is 8.16. The molecule has 1 N–H and O–H groups in total. The third-order valence-corrected chi connectivity index (χ3v) is 6.34. The van der Waals surface area contributed by atoms with Gasteiger partial charge in [0.15, 0.2) is 0 Å². The van der Waals surface area contributed by atoms with Crippen molar-refractivity contribution in [3.8, 4) is 0 Å². The van der Waals surface area contributed by atoms with Crippen LogP contribution in [-0.2, 0) is 19.5 Å². The minimum atomic E-state index is -0.139. The van der Waals surface area contributed by atoms with Crippen molar-refractivity contribution >= 4 is 5.91 Å². The van der Waals surface area contributed by atoms with Crippen LogP contribution in [0.25, 0.3) is 0 Å². The summed E-state index contributed by atoms with van der Waals surface area (Å²) in [4.78, 5) is 14.9. The Balaban J connectivity index is 1.27. The average molecular weight is 369 g/mol. The fourth-order valence-corrected chi connectivity index (χ4v) is 4.59. The lowest BCUT2D eigenvalue weighted by molar-refractivity contribution is 0.0898. The molecule has 3 heterocycles. The van der Waals surface area contributed by atoms with Crippen LogP contribution in [0, 0.1) is 17.7 Å². The molecule has 0 unspecified atom stereocenters. The number of hydrogen-bond acceptors (Lipinski definition) is 4. The normalized spacial score (nSPS) is 24.9. The summed E-state index contributed by atoms with van der Waals surface area (Å²) in [5.41, 5.74) is 0.746. The molecule has 0 bridgehead atoms. The highest BCUT2D eigenvalue weighted by Crippen LogP contribution is 2.33. The standard InChI is InChI=1S/C20H24FN5O/c21-17-7-2-1-4-13(17)9-25-10-14-8-18-23-24-19(26(18)12-15(14)11-25)20(27)22-16-5-3-6-16/h1-2,4,7,14-16H,3,5-6,8-12H2,(H,22,27)/t14-,15-/m0/s1. The van der Waals surface area contributed by atoms with Crippen LogP contribution in [0.3, 0.4) is 0 Å². The van der Waals surface area contributed by atoms with Crippen molar-refractivity contribution in [3.63, 3.8) is 0 Å². The van der Waals surface area contributed by atoms with Crippen molar-refractivity contribution in [2.24, 2.45) is 11.8 Å². The first kappa shape index (κ1) is 16.9. The van der Waals surface area contributed by atoms with Gasteiger partial charge in [-0.2, -0.15) is 0 Å². The van der Waals surface area contributed by atoms with E-state index in [0.29, 0.717) is 30.2 Å². The topological polar surface area (TPSA) is 63.1 Å². The quantitative estimate of drug-likeness (QED) is 0.896. The highest BCUT2D eigenvalue weighted by molar-refractivity contribution is 5.91. The number of hydrogen-bond donors (Lipinski definition) is 1. The fraction of sp³-hybridized carbons (Fsp3) is 0.550. The summed E-state index contributed by atoms with van der Waals surface area (Å²) in [6.07, 6.45) is 4.14. The first-order chi connectivity index (χ1) is 13.2. The van der Waals surface area contributed by atoms with Gasteiger partial charge in [0.25, 0.3) is 5.91 Å². The molecule has 1 saturated carbocycles. The molecule has 2 atom stereocenters. The van der Waals surface area contributed by atoms with E-state index in [1.165, 1.54) is 12.5 Å². The van der Waals surface area contributed by atoms with E-state index in [1.807, 2.05) is 16.7 Å². The molecular weight excluding hydrogens is 345 g/mol. The van der Waals surface area contributed by atoms with Crippen molar-refractivity contribution in [1.82, 2.24) is 25.0 Å². The summed E-state index contributed by atoms with van der Waals surface area (Å²) in [6.45, 7) is 3.26. The molecule has 1 aromatic carbocycles. The zero-order chi connectivity index (χ0) is 18.4. The summed E-state index contributed by atoms with van der Waals surface area (Å²) >= 11 is 0. The molecule has 2 aliphatic heterocycles. The summed E-state index contributed by atoms with van der Waals surface area (Å²) in [5.74, 6) is 2.06. The van der Waals surface area contributed by atoms with Crippen LogP contribution in [0.2, 0.25) is 0 Å². The van der Waals surface area contributed by atoms with Crippen LogP contribution in [-0.4, -0.2) is 44.7 Å². The van der Waals surface area contributed by atoms with Crippen LogP contribution in [0.15, 0.2) is 24.3 Å². The van der Waals surface area contributed by atoms with Gasteiger partial charge in [0.05, 0.1) is 0 Å². The van der Waals surface area contributed by atoms with Gasteiger partial charge in [-0.1, -0.05) is 18.2 Å². The highest BCUT2D eigenvalue weighted by Gasteiger charge is 2.39. The maximum absolute atomic E-state index is 14.0. The lowest BCUT2D eigenvalue weighted by Crippen LogP contribution is -2.41. The number of amides is 1. The minimum Gasteiger partial charge on any atom is -0.347 e. The molecule has 2 fully saturated rings. The minimum absolute atomic E-state index is 0.0990. The zero-order valence-electron chi connectivity index (χ0n) is 15.3. The number of nitrogens with one attached hydrogen (secondary N) is 1. The summed E-state index contributed by atoms with van der Waals surface area (Å²) in [6, 6.07) is 7.28. The van der Waals surface area contributed by atoms with Gasteiger partial charge in [0, 0.05) is 44.2 Å². The molecule has 2 aromatic rings. The van der Waals surface area contributed by atoms with Crippen LogP contribution < -0.4 is 5.32 Å². The lowest BCUT2D eigenvalue weighted by Gasteiger charge is -2.28. The third-order valence-electron chi connectivity index (χ3n) is 6.34. The Kier molecular flexibility index (Phi) is 4.19. The second-order valence-electron chi connectivity index (χ2n) is 8.16. The van der Waals surface area contributed by atoms with Gasteiger partial charge in [-0.05, 0) is 37.2 Å². The van der Waals surface area contributed by atoms with Crippen molar-refractivity contribution < 1.29 is 9.18 Å². The van der Waals surface area contributed by atoms with Crippen LogP contribution >= 0.6 is 0 Å². The van der Waals surface area contributed by atoms with E-state index in [4.69, 9.17) is 0 Å². The van der Waals surface area contributed by atoms with Gasteiger partial charge in [-0.15, -0.1) is 10.2 Å². The van der Waals surface area contributed by atoms with Crippen molar-refractivity contribution in [2.75, 3.05) is 13.1 Å². The van der Waals surface area contributed by atoms with Gasteiger partial charge in [0.1, 0.15) is 11.6 Å². The Labute approximate surface area is 157 Å². The number of nitrogens with zero attached hydrogens (tertiary/aromatic N) is 4. The van der Waals surface area contributed by atoms with Crippen LogP contribution in [0.4, 0.5) is 4.39 Å². The van der Waals surface area contributed by atoms with E-state index in [0.717, 1.165) is 50.3 Å². The number of carbonyl (C=O) groups is 1. The molecule has 142 valence electrons. The summed E-state index contributed by atoms with van der Waals surface area (Å²) < 4.78 is 16.0. The Morgan fingerprint density at radius 1 is 1.15 bits per heavy atom. The van der Waals surface area contributed by atoms with Crippen LogP contribution in [0.5, 0.6) is 0 Å². The Bertz CT molecular complexity index is 862. The number of fused-ring (bicyclic) bond motifs is 2. The van der Waals surface area contributed by atoms with Gasteiger partial charge in [-0.25, -0.2) is 4.39 Å². The van der Waals surface area contributed by atoms with E-state index >= 15 is 0 Å². The molecule has 0 spiro atoms. The van der Waals surface area contributed by atoms with Gasteiger partial charge in [-0.3, -0.25) is 9.69 Å². The zero-order valence-corrected chi connectivity index (χ0v) is 15.3. The number of rotatable bonds is 4. The molecule has 1 aliphatic carbocycles. The van der Waals surface area contributed by atoms with E-state index < -0.39 is 0 Å². The van der Waals surface area contributed by atoms with Gasteiger partial charge < -0.3 is 9.88 Å². The first-order valence-corrected chi connectivity index (χ1v) is 9.86. The number of likely N-dealkylation sites (tertiary alicyclic amines) is 1. The van der Waals surface area contributed by atoms with Crippen molar-refractivity contribution in [1.29, 1.82) is 0 Å². The molecule has 1 amide bonds. The van der Waals surface area contributed by atoms with Crippen molar-refractivity contribution in [3.05, 3.63) is 47.3 Å². The molecule has 27 heavy (non-hydrogen) atoms. The summed E-state index contributed by atoms with van der Waals surface area (Å²) in [5, 5.41) is 11.5. The Morgan fingerprint density at radius 2 is 1.96 bits per heavy atom. The third kappa shape index (κ3) is 3.14. The van der Waals surface area contributed by atoms with Gasteiger partial charge in [0.2, 0.25) is 5.82 Å². The summed E-state index contributed by atoms with van der Waals surface area (Å²) in [7, 11) is 0. The first-order valence-electron chi connectivity index (χ1n) is 9.86. The molecule has 5 rings (SSSR count). The second kappa shape index (κ2) is 6.71. The van der Waals surface area contributed by atoms with E-state index in [9.17, 15) is 9.18 Å². The largest absolute Gasteiger partial charge is 0.347 e. The molecular formula is C20H24FN5O. The van der Waals surface area contributed by atoms with E-state index in [2.05, 4.69) is 20.4 Å². The number of benzene rings is 1. The molecule has 1 saturated heterocycles. The number of carbonyl (C=O) groups excluding carboxylic acids is 1. The molecule has 6 nitrogen and oxygen atoms in total. The highest BCUT2D eigenvalue weighted by atomic mass is 19.1. The van der Waals surface area contributed by atoms with Crippen LogP contribution in [0.1, 0.15) is 41.3 Å².